The number of ether oxygens (including phenoxy) is 1. The van der Waals surface area contributed by atoms with Crippen LogP contribution in [0.1, 0.15) is 13.8 Å². The maximum Gasteiger partial charge on any atom is 0.127 e. The fourth-order valence-corrected chi connectivity index (χ4v) is 1.62. The molecule has 0 aliphatic rings. The van der Waals surface area contributed by atoms with Crippen molar-refractivity contribution in [3.63, 3.8) is 0 Å². The second-order valence-electron chi connectivity index (χ2n) is 4.80. The Labute approximate surface area is 113 Å². The number of nitrogens with zero attached hydrogens (tertiary/aromatic N) is 1. The molecular weight excluding hydrogens is 236 g/mol. The Bertz CT molecular complexity index is 568. The van der Waals surface area contributed by atoms with Gasteiger partial charge in [-0.2, -0.15) is 5.26 Å². The van der Waals surface area contributed by atoms with E-state index in [1.54, 1.807) is 0 Å². The van der Waals surface area contributed by atoms with Gasteiger partial charge in [-0.25, -0.2) is 0 Å². The predicted molar refractivity (Wildman–Crippen MR) is 76.3 cm³/mol. The lowest BCUT2D eigenvalue weighted by molar-refractivity contribution is 0.482. The van der Waals surface area contributed by atoms with Crippen molar-refractivity contribution in [2.45, 2.75) is 19.4 Å². The molecule has 2 rings (SSSR count). The Balaban J connectivity index is 2.05. The van der Waals surface area contributed by atoms with Crippen LogP contribution in [0.4, 0.5) is 5.69 Å². The second kappa shape index (κ2) is 5.45. The summed E-state index contributed by atoms with van der Waals surface area (Å²) in [6.07, 6.45) is 0. The topological polar surface area (TPSA) is 45.0 Å². The Kier molecular flexibility index (Phi) is 3.72. The van der Waals surface area contributed by atoms with Crippen LogP contribution in [-0.2, 0) is 0 Å². The van der Waals surface area contributed by atoms with Crippen molar-refractivity contribution in [1.29, 1.82) is 5.26 Å². The van der Waals surface area contributed by atoms with Crippen LogP contribution in [0.5, 0.6) is 11.5 Å². The lowest BCUT2D eigenvalue weighted by atomic mass is 10.1. The highest BCUT2D eigenvalue weighted by molar-refractivity contribution is 5.50. The summed E-state index contributed by atoms with van der Waals surface area (Å²) in [5, 5.41) is 12.1. The molecule has 0 saturated carbocycles. The molecule has 0 amide bonds. The third kappa shape index (κ3) is 3.75. The van der Waals surface area contributed by atoms with Gasteiger partial charge in [-0.3, -0.25) is 0 Å². The van der Waals surface area contributed by atoms with E-state index in [2.05, 4.69) is 11.4 Å². The third-order valence-corrected chi connectivity index (χ3v) is 2.57. The number of hydrogen-bond donors (Lipinski definition) is 1. The van der Waals surface area contributed by atoms with Gasteiger partial charge in [0, 0.05) is 5.69 Å². The highest BCUT2D eigenvalue weighted by Gasteiger charge is 2.15. The van der Waals surface area contributed by atoms with E-state index in [9.17, 15) is 0 Å². The molecule has 1 N–H and O–H groups in total. The summed E-state index contributed by atoms with van der Waals surface area (Å²) in [6.45, 7) is 3.67. The van der Waals surface area contributed by atoms with Crippen LogP contribution in [0, 0.1) is 11.3 Å². The smallest absolute Gasteiger partial charge is 0.127 e. The zero-order chi connectivity index (χ0) is 13.7. The van der Waals surface area contributed by atoms with E-state index < -0.39 is 5.54 Å². The van der Waals surface area contributed by atoms with E-state index in [1.165, 1.54) is 0 Å². The molecule has 0 fully saturated rings. The molecule has 0 unspecified atom stereocenters. The molecule has 0 aliphatic heterocycles. The van der Waals surface area contributed by atoms with Crippen molar-refractivity contribution < 1.29 is 4.74 Å². The molecule has 19 heavy (non-hydrogen) atoms. The molecule has 0 atom stereocenters. The van der Waals surface area contributed by atoms with Gasteiger partial charge >= 0.3 is 0 Å². The number of para-hydroxylation sites is 1. The summed E-state index contributed by atoms with van der Waals surface area (Å²) in [5.74, 6) is 1.58. The number of rotatable bonds is 4. The number of hydrogen-bond acceptors (Lipinski definition) is 3. The SMILES string of the molecule is CC(C)(C#N)Nc1ccc(Oc2ccccc2)cc1. The summed E-state index contributed by atoms with van der Waals surface area (Å²) in [5.41, 5.74) is 0.314. The largest absolute Gasteiger partial charge is 0.457 e. The summed E-state index contributed by atoms with van der Waals surface area (Å²) in [4.78, 5) is 0. The molecular formula is C16H16N2O. The Morgan fingerprint density at radius 1 is 0.947 bits per heavy atom. The van der Waals surface area contributed by atoms with Gasteiger partial charge in [0.25, 0.3) is 0 Å². The van der Waals surface area contributed by atoms with Crippen molar-refractivity contribution >= 4 is 5.69 Å². The van der Waals surface area contributed by atoms with Crippen molar-refractivity contribution in [3.8, 4) is 17.6 Å². The van der Waals surface area contributed by atoms with Crippen LogP contribution in [0.3, 0.4) is 0 Å². The summed E-state index contributed by atoms with van der Waals surface area (Å²) in [7, 11) is 0. The second-order valence-corrected chi connectivity index (χ2v) is 4.80. The minimum Gasteiger partial charge on any atom is -0.457 e. The molecule has 96 valence electrons. The normalized spacial score (nSPS) is 10.6. The molecule has 0 heterocycles. The highest BCUT2D eigenvalue weighted by atomic mass is 16.5. The van der Waals surface area contributed by atoms with Gasteiger partial charge < -0.3 is 10.1 Å². The van der Waals surface area contributed by atoms with Gasteiger partial charge in [0.15, 0.2) is 0 Å². The fourth-order valence-electron chi connectivity index (χ4n) is 1.62. The highest BCUT2D eigenvalue weighted by Crippen LogP contribution is 2.23. The van der Waals surface area contributed by atoms with Crippen LogP contribution < -0.4 is 10.1 Å². The Hall–Kier alpha value is -2.47. The average Bonchev–Trinajstić information content (AvgIpc) is 2.42. The lowest BCUT2D eigenvalue weighted by Gasteiger charge is -2.19. The van der Waals surface area contributed by atoms with Gasteiger partial charge in [0.2, 0.25) is 0 Å². The first kappa shape index (κ1) is 13.0. The van der Waals surface area contributed by atoms with E-state index in [0.29, 0.717) is 0 Å². The first-order chi connectivity index (χ1) is 9.09. The monoisotopic (exact) mass is 252 g/mol. The Morgan fingerprint density at radius 2 is 1.53 bits per heavy atom. The third-order valence-electron chi connectivity index (χ3n) is 2.57. The maximum atomic E-state index is 8.97. The first-order valence-electron chi connectivity index (χ1n) is 6.11. The van der Waals surface area contributed by atoms with Crippen LogP contribution in [0.2, 0.25) is 0 Å². The Morgan fingerprint density at radius 3 is 2.11 bits per heavy atom. The van der Waals surface area contributed by atoms with Crippen molar-refractivity contribution in [2.75, 3.05) is 5.32 Å². The fraction of sp³-hybridized carbons (Fsp3) is 0.188. The minimum atomic E-state index is -0.582. The van der Waals surface area contributed by atoms with Gasteiger partial charge in [-0.15, -0.1) is 0 Å². The maximum absolute atomic E-state index is 8.97. The van der Waals surface area contributed by atoms with E-state index in [0.717, 1.165) is 17.2 Å². The van der Waals surface area contributed by atoms with Crippen molar-refractivity contribution in [2.24, 2.45) is 0 Å². The number of benzene rings is 2. The molecule has 3 heteroatoms. The van der Waals surface area contributed by atoms with Gasteiger partial charge in [-0.05, 0) is 50.2 Å². The van der Waals surface area contributed by atoms with Crippen molar-refractivity contribution in [1.82, 2.24) is 0 Å². The van der Waals surface area contributed by atoms with Crippen LogP contribution in [-0.4, -0.2) is 5.54 Å². The molecule has 3 nitrogen and oxygen atoms in total. The molecule has 0 bridgehead atoms. The molecule has 0 spiro atoms. The summed E-state index contributed by atoms with van der Waals surface area (Å²) in [6, 6.07) is 19.4. The van der Waals surface area contributed by atoms with Crippen molar-refractivity contribution in [3.05, 3.63) is 54.6 Å². The zero-order valence-electron chi connectivity index (χ0n) is 11.1. The summed E-state index contributed by atoms with van der Waals surface area (Å²) >= 11 is 0. The predicted octanol–water partition coefficient (Wildman–Crippen LogP) is 4.19. The number of anilines is 1. The quantitative estimate of drug-likeness (QED) is 0.887. The van der Waals surface area contributed by atoms with E-state index in [-0.39, 0.29) is 0 Å². The van der Waals surface area contributed by atoms with E-state index in [1.807, 2.05) is 68.4 Å². The molecule has 0 radical (unpaired) electrons. The van der Waals surface area contributed by atoms with Crippen LogP contribution in [0.15, 0.2) is 54.6 Å². The number of nitrogens with one attached hydrogen (secondary N) is 1. The van der Waals surface area contributed by atoms with E-state index >= 15 is 0 Å². The standard InChI is InChI=1S/C16H16N2O/c1-16(2,12-17)18-13-8-10-15(11-9-13)19-14-6-4-3-5-7-14/h3-11,18H,1-2H3. The molecule has 0 saturated heterocycles. The van der Waals surface area contributed by atoms with Crippen LogP contribution >= 0.6 is 0 Å². The first-order valence-corrected chi connectivity index (χ1v) is 6.11. The zero-order valence-corrected chi connectivity index (χ0v) is 11.1. The summed E-state index contributed by atoms with van der Waals surface area (Å²) < 4.78 is 5.70. The molecule has 2 aromatic carbocycles. The van der Waals surface area contributed by atoms with E-state index in [4.69, 9.17) is 10.00 Å². The average molecular weight is 252 g/mol. The van der Waals surface area contributed by atoms with Gasteiger partial charge in [0.05, 0.1) is 6.07 Å². The minimum absolute atomic E-state index is 0.582. The molecule has 2 aromatic rings. The molecule has 0 aliphatic carbocycles. The molecule has 0 aromatic heterocycles. The number of nitriles is 1. The van der Waals surface area contributed by atoms with Gasteiger partial charge in [0.1, 0.15) is 17.0 Å². The van der Waals surface area contributed by atoms with Crippen LogP contribution in [0.25, 0.3) is 0 Å². The lowest BCUT2D eigenvalue weighted by Crippen LogP contribution is -2.28. The van der Waals surface area contributed by atoms with Gasteiger partial charge in [-0.1, -0.05) is 18.2 Å².